The Labute approximate surface area is 97.1 Å². The van der Waals surface area contributed by atoms with Gasteiger partial charge in [0.25, 0.3) is 0 Å². The average Bonchev–Trinajstić information content (AvgIpc) is 2.71. The summed E-state index contributed by atoms with van der Waals surface area (Å²) in [5.41, 5.74) is 1.46. The summed E-state index contributed by atoms with van der Waals surface area (Å²) in [5.74, 6) is 1.35. The van der Waals surface area contributed by atoms with Crippen LogP contribution in [0.4, 0.5) is 0 Å². The van der Waals surface area contributed by atoms with Crippen molar-refractivity contribution in [2.24, 2.45) is 5.41 Å². The van der Waals surface area contributed by atoms with Gasteiger partial charge in [0.1, 0.15) is 5.76 Å². The Balaban J connectivity index is 2.45. The number of hydrogen-bond donors (Lipinski definition) is 0. The van der Waals surface area contributed by atoms with Gasteiger partial charge < -0.3 is 4.42 Å². The number of rotatable bonds is 2. The molecule has 2 rings (SSSR count). The van der Waals surface area contributed by atoms with E-state index in [2.05, 4.69) is 51.1 Å². The predicted octanol–water partition coefficient (Wildman–Crippen LogP) is 4.46. The Bertz CT molecular complexity index is 420. The summed E-state index contributed by atoms with van der Waals surface area (Å²) in [7, 11) is 0. The lowest BCUT2D eigenvalue weighted by atomic mass is 9.75. The van der Waals surface area contributed by atoms with Gasteiger partial charge in [-0.15, -0.1) is 0 Å². The van der Waals surface area contributed by atoms with Crippen molar-refractivity contribution in [3.8, 4) is 0 Å². The zero-order valence-corrected chi connectivity index (χ0v) is 10.1. The maximum Gasteiger partial charge on any atom is 0.111 e. The molecule has 16 heavy (non-hydrogen) atoms. The Morgan fingerprint density at radius 2 is 1.62 bits per heavy atom. The molecule has 0 saturated heterocycles. The second-order valence-electron chi connectivity index (χ2n) is 5.23. The Morgan fingerprint density at radius 1 is 0.938 bits per heavy atom. The van der Waals surface area contributed by atoms with Gasteiger partial charge in [-0.2, -0.15) is 0 Å². The van der Waals surface area contributed by atoms with Gasteiger partial charge in [-0.1, -0.05) is 51.1 Å². The average molecular weight is 214 g/mol. The molecule has 0 radical (unpaired) electrons. The largest absolute Gasteiger partial charge is 0.469 e. The quantitative estimate of drug-likeness (QED) is 0.719. The van der Waals surface area contributed by atoms with E-state index in [1.807, 2.05) is 12.1 Å². The van der Waals surface area contributed by atoms with Crippen molar-refractivity contribution in [1.82, 2.24) is 0 Å². The maximum atomic E-state index is 5.58. The van der Waals surface area contributed by atoms with Crippen LogP contribution in [0, 0.1) is 5.41 Å². The summed E-state index contributed by atoms with van der Waals surface area (Å²) in [6, 6.07) is 14.6. The van der Waals surface area contributed by atoms with Gasteiger partial charge in [-0.25, -0.2) is 0 Å². The fraction of sp³-hybridized carbons (Fsp3) is 0.333. The fourth-order valence-corrected chi connectivity index (χ4v) is 2.19. The molecule has 0 bridgehead atoms. The highest BCUT2D eigenvalue weighted by atomic mass is 16.3. The van der Waals surface area contributed by atoms with E-state index in [0.29, 0.717) is 5.92 Å². The zero-order chi connectivity index (χ0) is 11.6. The number of hydrogen-bond acceptors (Lipinski definition) is 1. The molecule has 0 N–H and O–H groups in total. The van der Waals surface area contributed by atoms with E-state index in [1.165, 1.54) is 5.56 Å². The van der Waals surface area contributed by atoms with Crippen LogP contribution in [0.3, 0.4) is 0 Å². The van der Waals surface area contributed by atoms with Crippen molar-refractivity contribution in [3.05, 3.63) is 60.1 Å². The van der Waals surface area contributed by atoms with Crippen molar-refractivity contribution >= 4 is 0 Å². The minimum Gasteiger partial charge on any atom is -0.469 e. The maximum absolute atomic E-state index is 5.58. The second kappa shape index (κ2) is 4.17. The molecule has 1 heteroatoms. The Kier molecular flexibility index (Phi) is 2.86. The highest BCUT2D eigenvalue weighted by Gasteiger charge is 2.29. The molecular weight excluding hydrogens is 196 g/mol. The van der Waals surface area contributed by atoms with Gasteiger partial charge in [0.2, 0.25) is 0 Å². The van der Waals surface area contributed by atoms with Crippen molar-refractivity contribution in [3.63, 3.8) is 0 Å². The Morgan fingerprint density at radius 3 is 2.12 bits per heavy atom. The molecule has 0 aliphatic carbocycles. The van der Waals surface area contributed by atoms with Crippen LogP contribution in [-0.4, -0.2) is 0 Å². The second-order valence-corrected chi connectivity index (χ2v) is 5.23. The highest BCUT2D eigenvalue weighted by Crippen LogP contribution is 2.40. The fourth-order valence-electron chi connectivity index (χ4n) is 2.19. The standard InChI is InChI=1S/C15H18O/c1-15(2,3)14(13-10-7-11-16-13)12-8-5-4-6-9-12/h4-11,14H,1-3H3. The van der Waals surface area contributed by atoms with Crippen LogP contribution in [0.15, 0.2) is 53.1 Å². The molecule has 0 spiro atoms. The molecule has 0 aliphatic heterocycles. The number of furan rings is 1. The van der Waals surface area contributed by atoms with Crippen LogP contribution in [0.5, 0.6) is 0 Å². The number of benzene rings is 1. The van der Waals surface area contributed by atoms with E-state index in [0.717, 1.165) is 5.76 Å². The van der Waals surface area contributed by atoms with Crippen molar-refractivity contribution in [1.29, 1.82) is 0 Å². The predicted molar refractivity (Wildman–Crippen MR) is 66.4 cm³/mol. The molecule has 84 valence electrons. The normalized spacial score (nSPS) is 13.7. The summed E-state index contributed by atoms with van der Waals surface area (Å²) in [6.45, 7) is 6.73. The summed E-state index contributed by atoms with van der Waals surface area (Å²) in [5, 5.41) is 0. The van der Waals surface area contributed by atoms with Crippen LogP contribution in [-0.2, 0) is 0 Å². The van der Waals surface area contributed by atoms with E-state index >= 15 is 0 Å². The monoisotopic (exact) mass is 214 g/mol. The first-order valence-electron chi connectivity index (χ1n) is 5.67. The molecule has 1 aromatic carbocycles. The van der Waals surface area contributed by atoms with Gasteiger partial charge in [0, 0.05) is 5.92 Å². The third kappa shape index (κ3) is 2.19. The van der Waals surface area contributed by atoms with Gasteiger partial charge in [-0.3, -0.25) is 0 Å². The summed E-state index contributed by atoms with van der Waals surface area (Å²) < 4.78 is 5.58. The molecule has 0 saturated carbocycles. The lowest BCUT2D eigenvalue weighted by Crippen LogP contribution is -2.19. The molecule has 0 fully saturated rings. The van der Waals surface area contributed by atoms with Crippen LogP contribution < -0.4 is 0 Å². The van der Waals surface area contributed by atoms with Crippen molar-refractivity contribution < 1.29 is 4.42 Å². The molecule has 1 heterocycles. The van der Waals surface area contributed by atoms with Crippen molar-refractivity contribution in [2.75, 3.05) is 0 Å². The van der Waals surface area contributed by atoms with E-state index in [9.17, 15) is 0 Å². The van der Waals surface area contributed by atoms with E-state index in [4.69, 9.17) is 4.42 Å². The van der Waals surface area contributed by atoms with Gasteiger partial charge in [0.15, 0.2) is 0 Å². The summed E-state index contributed by atoms with van der Waals surface area (Å²) >= 11 is 0. The minimum absolute atomic E-state index is 0.152. The first-order chi connectivity index (χ1) is 7.59. The lowest BCUT2D eigenvalue weighted by molar-refractivity contribution is 0.314. The first kappa shape index (κ1) is 11.0. The molecule has 1 unspecified atom stereocenters. The van der Waals surface area contributed by atoms with Gasteiger partial charge in [0.05, 0.1) is 6.26 Å². The third-order valence-corrected chi connectivity index (χ3v) is 2.83. The van der Waals surface area contributed by atoms with Crippen molar-refractivity contribution in [2.45, 2.75) is 26.7 Å². The van der Waals surface area contributed by atoms with Gasteiger partial charge >= 0.3 is 0 Å². The molecular formula is C15H18O. The smallest absolute Gasteiger partial charge is 0.111 e. The third-order valence-electron chi connectivity index (χ3n) is 2.83. The zero-order valence-electron chi connectivity index (χ0n) is 10.1. The summed E-state index contributed by atoms with van der Waals surface area (Å²) in [6.07, 6.45) is 1.75. The molecule has 1 atom stereocenters. The summed E-state index contributed by atoms with van der Waals surface area (Å²) in [4.78, 5) is 0. The van der Waals surface area contributed by atoms with Crippen LogP contribution in [0.2, 0.25) is 0 Å². The SMILES string of the molecule is CC(C)(C)C(c1ccccc1)c1ccco1. The lowest BCUT2D eigenvalue weighted by Gasteiger charge is -2.29. The minimum atomic E-state index is 0.152. The Hall–Kier alpha value is -1.50. The molecule has 0 amide bonds. The molecule has 1 aromatic heterocycles. The van der Waals surface area contributed by atoms with Crippen LogP contribution in [0.25, 0.3) is 0 Å². The highest BCUT2D eigenvalue weighted by molar-refractivity contribution is 5.29. The molecule has 2 aromatic rings. The van der Waals surface area contributed by atoms with Gasteiger partial charge in [-0.05, 0) is 23.1 Å². The molecule has 1 nitrogen and oxygen atoms in total. The topological polar surface area (TPSA) is 13.1 Å². The van der Waals surface area contributed by atoms with Crippen LogP contribution in [0.1, 0.15) is 38.0 Å². The van der Waals surface area contributed by atoms with E-state index < -0.39 is 0 Å². The van der Waals surface area contributed by atoms with E-state index in [1.54, 1.807) is 6.26 Å². The molecule has 0 aliphatic rings. The van der Waals surface area contributed by atoms with E-state index in [-0.39, 0.29) is 5.41 Å². The first-order valence-corrected chi connectivity index (χ1v) is 5.67. The van der Waals surface area contributed by atoms with Crippen LogP contribution >= 0.6 is 0 Å².